The molecule has 0 atom stereocenters. The lowest BCUT2D eigenvalue weighted by Gasteiger charge is -2.28. The SMILES string of the molecule is CCCCN(CCCC)CN1C(=O)C(=Nc2ccc(OC)cc2)c2cc(Br)ccc21. The maximum absolute atomic E-state index is 13.4. The van der Waals surface area contributed by atoms with Gasteiger partial charge in [-0.15, -0.1) is 0 Å². The molecule has 0 aromatic heterocycles. The molecule has 2 aromatic rings. The van der Waals surface area contributed by atoms with E-state index in [4.69, 9.17) is 9.73 Å². The van der Waals surface area contributed by atoms with Crippen molar-refractivity contribution >= 4 is 38.9 Å². The number of hydrogen-bond acceptors (Lipinski definition) is 4. The first kappa shape index (κ1) is 22.5. The number of aliphatic imine (C=N–C) groups is 1. The Labute approximate surface area is 187 Å². The number of amides is 1. The zero-order valence-electron chi connectivity index (χ0n) is 18.0. The van der Waals surface area contributed by atoms with Crippen LogP contribution in [0.15, 0.2) is 51.9 Å². The summed E-state index contributed by atoms with van der Waals surface area (Å²) in [4.78, 5) is 22.4. The number of carbonyl (C=O) groups is 1. The van der Waals surface area contributed by atoms with Gasteiger partial charge in [0.05, 0.1) is 25.2 Å². The number of fused-ring (bicyclic) bond motifs is 1. The number of anilines is 1. The molecule has 1 amide bonds. The van der Waals surface area contributed by atoms with E-state index in [1.165, 1.54) is 0 Å². The van der Waals surface area contributed by atoms with Gasteiger partial charge in [0.1, 0.15) is 11.5 Å². The molecule has 0 saturated heterocycles. The van der Waals surface area contributed by atoms with Crippen LogP contribution in [-0.2, 0) is 4.79 Å². The Bertz CT molecular complexity index is 888. The molecule has 0 N–H and O–H groups in total. The second-order valence-electron chi connectivity index (χ2n) is 7.52. The quantitative estimate of drug-likeness (QED) is 0.440. The molecule has 6 heteroatoms. The third-order valence-electron chi connectivity index (χ3n) is 5.26. The second-order valence-corrected chi connectivity index (χ2v) is 8.44. The van der Waals surface area contributed by atoms with Crippen molar-refractivity contribution in [2.75, 3.05) is 31.8 Å². The zero-order valence-corrected chi connectivity index (χ0v) is 19.6. The van der Waals surface area contributed by atoms with E-state index in [9.17, 15) is 4.79 Å². The van der Waals surface area contributed by atoms with Crippen molar-refractivity contribution < 1.29 is 9.53 Å². The van der Waals surface area contributed by atoms with Crippen LogP contribution in [0, 0.1) is 0 Å². The van der Waals surface area contributed by atoms with E-state index in [1.54, 1.807) is 7.11 Å². The van der Waals surface area contributed by atoms with Crippen LogP contribution in [0.4, 0.5) is 11.4 Å². The molecule has 2 aromatic carbocycles. The zero-order chi connectivity index (χ0) is 21.5. The predicted molar refractivity (Wildman–Crippen MR) is 127 cm³/mol. The highest BCUT2D eigenvalue weighted by molar-refractivity contribution is 9.10. The van der Waals surface area contributed by atoms with E-state index in [-0.39, 0.29) is 5.91 Å². The normalized spacial score (nSPS) is 14.6. The Morgan fingerprint density at radius 3 is 2.30 bits per heavy atom. The van der Waals surface area contributed by atoms with Gasteiger partial charge in [0, 0.05) is 10.0 Å². The second kappa shape index (κ2) is 10.7. The molecular formula is C24H30BrN3O2. The minimum absolute atomic E-state index is 0.0445. The highest BCUT2D eigenvalue weighted by Gasteiger charge is 2.35. The van der Waals surface area contributed by atoms with Gasteiger partial charge in [-0.25, -0.2) is 4.99 Å². The number of benzene rings is 2. The predicted octanol–water partition coefficient (Wildman–Crippen LogP) is 5.78. The average molecular weight is 472 g/mol. The number of methoxy groups -OCH3 is 1. The van der Waals surface area contributed by atoms with Crippen LogP contribution in [-0.4, -0.2) is 43.4 Å². The lowest BCUT2D eigenvalue weighted by molar-refractivity contribution is -0.112. The van der Waals surface area contributed by atoms with E-state index in [0.29, 0.717) is 12.4 Å². The van der Waals surface area contributed by atoms with Crippen molar-refractivity contribution in [3.05, 3.63) is 52.5 Å². The molecule has 0 radical (unpaired) electrons. The van der Waals surface area contributed by atoms with Crippen LogP contribution in [0.5, 0.6) is 5.75 Å². The molecule has 0 saturated carbocycles. The lowest BCUT2D eigenvalue weighted by Crippen LogP contribution is -2.42. The third kappa shape index (κ3) is 5.29. The third-order valence-corrected chi connectivity index (χ3v) is 5.76. The summed E-state index contributed by atoms with van der Waals surface area (Å²) in [6.07, 6.45) is 4.55. The fourth-order valence-corrected chi connectivity index (χ4v) is 3.90. The van der Waals surface area contributed by atoms with E-state index in [1.807, 2.05) is 47.4 Å². The highest BCUT2D eigenvalue weighted by atomic mass is 79.9. The van der Waals surface area contributed by atoms with Gasteiger partial charge >= 0.3 is 0 Å². The Hall–Kier alpha value is -2.18. The van der Waals surface area contributed by atoms with Crippen molar-refractivity contribution in [2.45, 2.75) is 39.5 Å². The van der Waals surface area contributed by atoms with Crippen molar-refractivity contribution in [3.63, 3.8) is 0 Å². The molecule has 0 unspecified atom stereocenters. The highest BCUT2D eigenvalue weighted by Crippen LogP contribution is 2.33. The van der Waals surface area contributed by atoms with Gasteiger partial charge in [-0.3, -0.25) is 14.6 Å². The lowest BCUT2D eigenvalue weighted by atomic mass is 10.1. The molecule has 30 heavy (non-hydrogen) atoms. The molecule has 1 heterocycles. The summed E-state index contributed by atoms with van der Waals surface area (Å²) in [5.41, 5.74) is 3.02. The van der Waals surface area contributed by atoms with Gasteiger partial charge in [-0.1, -0.05) is 42.6 Å². The number of halogens is 1. The summed E-state index contributed by atoms with van der Waals surface area (Å²) < 4.78 is 6.16. The van der Waals surface area contributed by atoms with Crippen LogP contribution in [0.2, 0.25) is 0 Å². The number of hydrogen-bond donors (Lipinski definition) is 0. The van der Waals surface area contributed by atoms with Crippen LogP contribution < -0.4 is 9.64 Å². The molecule has 0 bridgehead atoms. The molecule has 0 aliphatic carbocycles. The summed E-state index contributed by atoms with van der Waals surface area (Å²) in [6.45, 7) is 6.99. The van der Waals surface area contributed by atoms with Crippen molar-refractivity contribution in [2.24, 2.45) is 4.99 Å². The van der Waals surface area contributed by atoms with Crippen molar-refractivity contribution in [1.29, 1.82) is 0 Å². The molecule has 3 rings (SSSR count). The Morgan fingerprint density at radius 1 is 1.03 bits per heavy atom. The molecule has 160 valence electrons. The maximum Gasteiger partial charge on any atom is 0.278 e. The topological polar surface area (TPSA) is 45.1 Å². The Morgan fingerprint density at radius 2 is 1.70 bits per heavy atom. The van der Waals surface area contributed by atoms with Gasteiger partial charge in [0.25, 0.3) is 5.91 Å². The summed E-state index contributed by atoms with van der Waals surface area (Å²) in [5.74, 6) is 0.723. The fraction of sp³-hybridized carbons (Fsp3) is 0.417. The summed E-state index contributed by atoms with van der Waals surface area (Å²) in [7, 11) is 1.63. The number of unbranched alkanes of at least 4 members (excludes halogenated alkanes) is 2. The molecule has 5 nitrogen and oxygen atoms in total. The molecule has 1 aliphatic rings. The minimum Gasteiger partial charge on any atom is -0.497 e. The first-order valence-electron chi connectivity index (χ1n) is 10.6. The van der Waals surface area contributed by atoms with Gasteiger partial charge < -0.3 is 4.74 Å². The standard InChI is InChI=1S/C24H30BrN3O2/c1-4-6-14-27(15-7-5-2)17-28-22-13-8-18(25)16-21(22)23(24(28)29)26-19-9-11-20(30-3)12-10-19/h8-13,16H,4-7,14-15,17H2,1-3H3. The molecular weight excluding hydrogens is 442 g/mol. The van der Waals surface area contributed by atoms with Crippen molar-refractivity contribution in [3.8, 4) is 5.75 Å². The van der Waals surface area contributed by atoms with Crippen LogP contribution in [0.25, 0.3) is 0 Å². The number of carbonyl (C=O) groups excluding carboxylic acids is 1. The first-order chi connectivity index (χ1) is 14.6. The number of ether oxygens (including phenoxy) is 1. The number of rotatable bonds is 10. The van der Waals surface area contributed by atoms with Crippen LogP contribution >= 0.6 is 15.9 Å². The Balaban J connectivity index is 1.92. The summed E-state index contributed by atoms with van der Waals surface area (Å²) in [5, 5.41) is 0. The molecule has 1 aliphatic heterocycles. The van der Waals surface area contributed by atoms with E-state index in [2.05, 4.69) is 34.7 Å². The van der Waals surface area contributed by atoms with Gasteiger partial charge in [-0.2, -0.15) is 0 Å². The summed E-state index contributed by atoms with van der Waals surface area (Å²) >= 11 is 3.54. The van der Waals surface area contributed by atoms with Crippen LogP contribution in [0.3, 0.4) is 0 Å². The van der Waals surface area contributed by atoms with E-state index >= 15 is 0 Å². The first-order valence-corrected chi connectivity index (χ1v) is 11.4. The summed E-state index contributed by atoms with van der Waals surface area (Å²) in [6, 6.07) is 13.4. The minimum atomic E-state index is -0.0445. The fourth-order valence-electron chi connectivity index (χ4n) is 3.54. The molecule has 0 fully saturated rings. The number of nitrogens with zero attached hydrogens (tertiary/aromatic N) is 3. The maximum atomic E-state index is 13.4. The van der Waals surface area contributed by atoms with Crippen molar-refractivity contribution in [1.82, 2.24) is 4.90 Å². The van der Waals surface area contributed by atoms with Crippen LogP contribution in [0.1, 0.15) is 45.1 Å². The van der Waals surface area contributed by atoms with E-state index < -0.39 is 0 Å². The Kier molecular flexibility index (Phi) is 8.05. The average Bonchev–Trinajstić information content (AvgIpc) is 3.01. The smallest absolute Gasteiger partial charge is 0.278 e. The van der Waals surface area contributed by atoms with Gasteiger partial charge in [-0.05, 0) is 68.4 Å². The van der Waals surface area contributed by atoms with E-state index in [0.717, 1.165) is 65.9 Å². The monoisotopic (exact) mass is 471 g/mol. The molecule has 0 spiro atoms. The van der Waals surface area contributed by atoms with Gasteiger partial charge in [0.15, 0.2) is 0 Å². The van der Waals surface area contributed by atoms with Gasteiger partial charge in [0.2, 0.25) is 0 Å². The largest absolute Gasteiger partial charge is 0.497 e.